The van der Waals surface area contributed by atoms with Crippen LogP contribution in [0.15, 0.2) is 122 Å². The Hall–Kier alpha value is -4.68. The number of rotatable bonds is 24. The molecule has 4 aromatic carbocycles. The summed E-state index contributed by atoms with van der Waals surface area (Å²) in [6.45, 7) is 9.31. The van der Waals surface area contributed by atoms with E-state index in [-0.39, 0.29) is 10.8 Å². The zero-order valence-corrected chi connectivity index (χ0v) is 44.3. The van der Waals surface area contributed by atoms with Crippen LogP contribution >= 0.6 is 34.2 Å². The van der Waals surface area contributed by atoms with Gasteiger partial charge in [0.05, 0.1) is 21.5 Å². The van der Waals surface area contributed by atoms with Gasteiger partial charge in [-0.3, -0.25) is 4.98 Å². The molecule has 0 N–H and O–H groups in total. The smallest absolute Gasteiger partial charge is 0.0905 e. The molecule has 4 heterocycles. The molecule has 0 atom stereocenters. The number of fused-ring (bicyclic) bond motifs is 7. The van der Waals surface area contributed by atoms with E-state index in [0.29, 0.717) is 0 Å². The Bertz CT molecular complexity index is 2770. The lowest BCUT2D eigenvalue weighted by Crippen LogP contribution is -2.25. The second kappa shape index (κ2) is 21.8. The molecule has 0 saturated heterocycles. The van der Waals surface area contributed by atoms with E-state index in [0.717, 1.165) is 11.1 Å². The predicted octanol–water partition coefficient (Wildman–Crippen LogP) is 20.9. The van der Waals surface area contributed by atoms with E-state index < -0.39 is 0 Å². The van der Waals surface area contributed by atoms with Crippen LogP contribution in [0.3, 0.4) is 0 Å². The van der Waals surface area contributed by atoms with Crippen molar-refractivity contribution >= 4 is 44.3 Å². The van der Waals surface area contributed by atoms with E-state index >= 15 is 0 Å². The summed E-state index contributed by atoms with van der Waals surface area (Å²) in [4.78, 5) is 10.4. The minimum atomic E-state index is 0.0792. The van der Waals surface area contributed by atoms with Crippen molar-refractivity contribution in [1.29, 1.82) is 0 Å². The lowest BCUT2D eigenvalue weighted by molar-refractivity contribution is 0.401. The molecule has 8 aromatic rings. The molecule has 69 heavy (non-hydrogen) atoms. The van der Waals surface area contributed by atoms with Gasteiger partial charge in [0.2, 0.25) is 0 Å². The zero-order valence-electron chi connectivity index (χ0n) is 41.8. The fourth-order valence-corrected chi connectivity index (χ4v) is 15.3. The summed E-state index contributed by atoms with van der Waals surface area (Å²) in [6, 6.07) is 42.8. The molecule has 0 saturated carbocycles. The van der Waals surface area contributed by atoms with Crippen molar-refractivity contribution in [2.75, 3.05) is 0 Å². The van der Waals surface area contributed by atoms with Gasteiger partial charge in [0.1, 0.15) is 0 Å². The van der Waals surface area contributed by atoms with Gasteiger partial charge in [-0.1, -0.05) is 203 Å². The van der Waals surface area contributed by atoms with Crippen LogP contribution in [0.2, 0.25) is 0 Å². The molecule has 5 heteroatoms. The SMILES string of the molecule is CCCCCCC1(CCCCCC)c2ccccc2-c2ccc(-c3ccc(-c4ncc(-c5ccc(-c6ccc7c(c6)C(CCCCCC)(CCCCCC)c6ccccc6-7)s5)c5sncc45)s3)cc21. The standard InChI is InChI=1S/C64H72N2S3/c1-5-9-13-21-37-63(38-22-14-10-6-2)53-27-19-17-25-47(53)49-31-29-45(41-55(49)63)57-33-35-59(67-57)51-43-65-61(52-44-66-69-62(51)52)60-36-34-58(68-60)46-30-32-50-48-26-18-20-28-54(48)64(56(50)42-46,39-23-15-11-7-3)40-24-16-12-8-4/h17-20,25-36,41-44H,5-16,21-24,37-40H2,1-4H3. The van der Waals surface area contributed by atoms with Crippen LogP contribution in [0, 0.1) is 0 Å². The Kier molecular flexibility index (Phi) is 15.1. The molecule has 0 spiro atoms. The molecule has 0 amide bonds. The Labute approximate surface area is 425 Å². The minimum absolute atomic E-state index is 0.0792. The summed E-state index contributed by atoms with van der Waals surface area (Å²) < 4.78 is 6.03. The molecule has 0 aliphatic heterocycles. The van der Waals surface area contributed by atoms with Crippen molar-refractivity contribution < 1.29 is 0 Å². The first-order chi connectivity index (χ1) is 34.0. The van der Waals surface area contributed by atoms with Crippen LogP contribution < -0.4 is 0 Å². The molecule has 0 fully saturated rings. The van der Waals surface area contributed by atoms with Gasteiger partial charge in [0.15, 0.2) is 0 Å². The van der Waals surface area contributed by atoms with Crippen LogP contribution in [0.25, 0.3) is 74.2 Å². The predicted molar refractivity (Wildman–Crippen MR) is 302 cm³/mol. The van der Waals surface area contributed by atoms with Gasteiger partial charge in [-0.2, -0.15) is 4.37 Å². The van der Waals surface area contributed by atoms with Crippen LogP contribution in [0.5, 0.6) is 0 Å². The summed E-state index contributed by atoms with van der Waals surface area (Å²) in [5.41, 5.74) is 17.1. The number of hydrogen-bond donors (Lipinski definition) is 0. The van der Waals surface area contributed by atoms with Crippen LogP contribution in [0.1, 0.15) is 178 Å². The second-order valence-electron chi connectivity index (χ2n) is 20.4. The maximum atomic E-state index is 5.28. The first kappa shape index (κ1) is 48.0. The molecule has 0 bridgehead atoms. The highest BCUT2D eigenvalue weighted by atomic mass is 32.1. The van der Waals surface area contributed by atoms with Crippen molar-refractivity contribution in [1.82, 2.24) is 9.36 Å². The third kappa shape index (κ3) is 9.26. The molecular weight excluding hydrogens is 893 g/mol. The topological polar surface area (TPSA) is 25.8 Å². The molecule has 2 aliphatic rings. The van der Waals surface area contributed by atoms with E-state index in [1.54, 1.807) is 33.8 Å². The lowest BCUT2D eigenvalue weighted by atomic mass is 9.70. The van der Waals surface area contributed by atoms with Crippen molar-refractivity contribution in [3.63, 3.8) is 0 Å². The van der Waals surface area contributed by atoms with E-state index in [4.69, 9.17) is 9.36 Å². The van der Waals surface area contributed by atoms with Gasteiger partial charge in [-0.15, -0.1) is 22.7 Å². The summed E-state index contributed by atoms with van der Waals surface area (Å²) in [5, 5.41) is 1.15. The van der Waals surface area contributed by atoms with Gasteiger partial charge in [0, 0.05) is 42.6 Å². The normalized spacial score (nSPS) is 14.0. The lowest BCUT2D eigenvalue weighted by Gasteiger charge is -2.33. The highest BCUT2D eigenvalue weighted by Crippen LogP contribution is 2.57. The van der Waals surface area contributed by atoms with Crippen LogP contribution in [-0.4, -0.2) is 9.36 Å². The molecule has 2 nitrogen and oxygen atoms in total. The molecule has 0 radical (unpaired) electrons. The quantitative estimate of drug-likeness (QED) is 0.0564. The Morgan fingerprint density at radius 2 is 0.826 bits per heavy atom. The third-order valence-corrected chi connectivity index (χ3v) is 19.2. The number of thiophene rings is 2. The van der Waals surface area contributed by atoms with E-state index in [1.165, 1.54) is 192 Å². The number of benzene rings is 4. The number of hydrogen-bond acceptors (Lipinski definition) is 5. The monoisotopic (exact) mass is 964 g/mol. The molecule has 356 valence electrons. The minimum Gasteiger partial charge on any atom is -0.254 e. The molecule has 4 aromatic heterocycles. The van der Waals surface area contributed by atoms with Gasteiger partial charge in [-0.25, -0.2) is 0 Å². The summed E-state index contributed by atoms with van der Waals surface area (Å²) in [6.07, 6.45) is 29.9. The van der Waals surface area contributed by atoms with Gasteiger partial charge >= 0.3 is 0 Å². The first-order valence-corrected chi connectivity index (χ1v) is 29.4. The highest BCUT2D eigenvalue weighted by Gasteiger charge is 2.43. The molecular formula is C64H72N2S3. The fourth-order valence-electron chi connectivity index (χ4n) is 12.4. The average Bonchev–Trinajstić information content (AvgIpc) is 4.25. The number of unbranched alkanes of at least 4 members (excludes halogenated alkanes) is 12. The summed E-state index contributed by atoms with van der Waals surface area (Å²) >= 11 is 5.38. The second-order valence-corrected chi connectivity index (χ2v) is 23.4. The maximum Gasteiger partial charge on any atom is 0.0905 e. The maximum absolute atomic E-state index is 5.28. The molecule has 10 rings (SSSR count). The van der Waals surface area contributed by atoms with Crippen molar-refractivity contribution in [2.45, 2.75) is 167 Å². The fraction of sp³-hybridized carbons (Fsp3) is 0.406. The largest absolute Gasteiger partial charge is 0.254 e. The third-order valence-electron chi connectivity index (χ3n) is 16.0. The summed E-state index contributed by atoms with van der Waals surface area (Å²) in [7, 11) is 0. The first-order valence-electron chi connectivity index (χ1n) is 27.0. The molecule has 2 aliphatic carbocycles. The summed E-state index contributed by atoms with van der Waals surface area (Å²) in [5.74, 6) is 0. The number of aromatic nitrogens is 2. The van der Waals surface area contributed by atoms with Crippen LogP contribution in [0.4, 0.5) is 0 Å². The van der Waals surface area contributed by atoms with Crippen molar-refractivity contribution in [3.05, 3.63) is 144 Å². The van der Waals surface area contributed by atoms with Gasteiger partial charge < -0.3 is 0 Å². The molecule has 0 unspecified atom stereocenters. The highest BCUT2D eigenvalue weighted by molar-refractivity contribution is 7.20. The van der Waals surface area contributed by atoms with Gasteiger partial charge in [-0.05, 0) is 129 Å². The number of pyridine rings is 1. The van der Waals surface area contributed by atoms with Crippen molar-refractivity contribution in [2.24, 2.45) is 0 Å². The van der Waals surface area contributed by atoms with Gasteiger partial charge in [0.25, 0.3) is 0 Å². The van der Waals surface area contributed by atoms with Crippen LogP contribution in [-0.2, 0) is 10.8 Å². The zero-order chi connectivity index (χ0) is 47.2. The number of nitrogens with zero attached hydrogens (tertiary/aromatic N) is 2. The Morgan fingerprint density at radius 1 is 0.391 bits per heavy atom. The Balaban J connectivity index is 0.946. The average molecular weight is 965 g/mol. The van der Waals surface area contributed by atoms with Crippen molar-refractivity contribution in [3.8, 4) is 64.1 Å². The van der Waals surface area contributed by atoms with E-state index in [1.807, 2.05) is 22.7 Å². The Morgan fingerprint density at radius 3 is 1.32 bits per heavy atom. The van der Waals surface area contributed by atoms with E-state index in [9.17, 15) is 0 Å². The van der Waals surface area contributed by atoms with E-state index in [2.05, 4.69) is 149 Å².